The van der Waals surface area contributed by atoms with E-state index in [1.165, 1.54) is 0 Å². The van der Waals surface area contributed by atoms with Crippen LogP contribution in [0.2, 0.25) is 0 Å². The zero-order valence-corrected chi connectivity index (χ0v) is 10.2. The molecule has 0 fully saturated rings. The van der Waals surface area contributed by atoms with Gasteiger partial charge in [-0.05, 0) is 18.6 Å². The lowest BCUT2D eigenvalue weighted by molar-refractivity contribution is -0.136. The Morgan fingerprint density at radius 1 is 1.32 bits per heavy atom. The topological polar surface area (TPSA) is 78.4 Å². The van der Waals surface area contributed by atoms with Crippen molar-refractivity contribution in [2.45, 2.75) is 19.4 Å². The molecule has 0 spiro atoms. The van der Waals surface area contributed by atoms with E-state index in [2.05, 4.69) is 5.32 Å². The maximum Gasteiger partial charge on any atom is 0.313 e. The molecule has 1 atom stereocenters. The fraction of sp³-hybridized carbons (Fsp3) is 0.333. The minimum atomic E-state index is -1.13. The molecule has 0 radical (unpaired) electrons. The number of nitrogens with one attached hydrogen (secondary N) is 2. The molecule has 2 amide bonds. The summed E-state index contributed by atoms with van der Waals surface area (Å²) in [6.07, 6.45) is 0.434. The van der Waals surface area contributed by atoms with Gasteiger partial charge in [0.2, 0.25) is 0 Å². The second-order valence-electron chi connectivity index (χ2n) is 3.84. The number of amides is 2. The first-order chi connectivity index (χ1) is 8.97. The van der Waals surface area contributed by atoms with Crippen LogP contribution in [0.4, 0.5) is 14.5 Å². The zero-order valence-electron chi connectivity index (χ0n) is 10.2. The van der Waals surface area contributed by atoms with Crippen molar-refractivity contribution in [3.8, 4) is 0 Å². The van der Waals surface area contributed by atoms with Gasteiger partial charge in [-0.3, -0.25) is 9.59 Å². The van der Waals surface area contributed by atoms with Crippen LogP contribution >= 0.6 is 0 Å². The molecule has 0 aliphatic carbocycles. The molecule has 1 rings (SSSR count). The molecule has 0 aliphatic heterocycles. The third-order valence-electron chi connectivity index (χ3n) is 2.43. The highest BCUT2D eigenvalue weighted by atomic mass is 19.1. The van der Waals surface area contributed by atoms with Crippen molar-refractivity contribution in [2.24, 2.45) is 0 Å². The van der Waals surface area contributed by atoms with Crippen molar-refractivity contribution in [3.05, 3.63) is 29.8 Å². The Bertz CT molecular complexity index is 476. The van der Waals surface area contributed by atoms with Crippen molar-refractivity contribution in [2.75, 3.05) is 11.9 Å². The number of anilines is 1. The summed E-state index contributed by atoms with van der Waals surface area (Å²) in [5.74, 6) is -3.74. The van der Waals surface area contributed by atoms with Crippen LogP contribution in [0.25, 0.3) is 0 Å². The number of halogens is 2. The van der Waals surface area contributed by atoms with Gasteiger partial charge in [-0.2, -0.15) is 0 Å². The number of hydrogen-bond donors (Lipinski definition) is 3. The number of carbonyl (C=O) groups is 2. The smallest absolute Gasteiger partial charge is 0.313 e. The van der Waals surface area contributed by atoms with Crippen LogP contribution in [0.15, 0.2) is 18.2 Å². The van der Waals surface area contributed by atoms with E-state index in [0.29, 0.717) is 6.42 Å². The van der Waals surface area contributed by atoms with E-state index in [9.17, 15) is 18.4 Å². The van der Waals surface area contributed by atoms with Crippen LogP contribution in [-0.4, -0.2) is 29.6 Å². The van der Waals surface area contributed by atoms with E-state index in [1.54, 1.807) is 6.92 Å². The highest BCUT2D eigenvalue weighted by Gasteiger charge is 2.18. The summed E-state index contributed by atoms with van der Waals surface area (Å²) in [6, 6.07) is 1.94. The molecule has 0 unspecified atom stereocenters. The van der Waals surface area contributed by atoms with Gasteiger partial charge in [-0.25, -0.2) is 8.78 Å². The largest absolute Gasteiger partial charge is 0.394 e. The molecule has 0 heterocycles. The molecule has 0 saturated carbocycles. The highest BCUT2D eigenvalue weighted by Crippen LogP contribution is 2.14. The third-order valence-corrected chi connectivity index (χ3v) is 2.43. The average molecular weight is 272 g/mol. The van der Waals surface area contributed by atoms with E-state index >= 15 is 0 Å². The maximum absolute atomic E-state index is 13.2. The van der Waals surface area contributed by atoms with E-state index in [-0.39, 0.29) is 6.61 Å². The summed E-state index contributed by atoms with van der Waals surface area (Å²) in [5.41, 5.74) is -0.419. The second-order valence-corrected chi connectivity index (χ2v) is 3.84. The molecule has 0 aliphatic rings. The fourth-order valence-corrected chi connectivity index (χ4v) is 1.30. The number of hydrogen-bond acceptors (Lipinski definition) is 3. The van der Waals surface area contributed by atoms with Crippen LogP contribution < -0.4 is 10.6 Å². The highest BCUT2D eigenvalue weighted by molar-refractivity contribution is 6.39. The Balaban J connectivity index is 2.69. The lowest BCUT2D eigenvalue weighted by Crippen LogP contribution is -2.43. The van der Waals surface area contributed by atoms with Crippen molar-refractivity contribution in [1.82, 2.24) is 5.32 Å². The number of aliphatic hydroxyl groups excluding tert-OH is 1. The first-order valence-electron chi connectivity index (χ1n) is 5.65. The van der Waals surface area contributed by atoms with Gasteiger partial charge >= 0.3 is 11.8 Å². The molecule has 7 heteroatoms. The molecule has 3 N–H and O–H groups in total. The molecule has 104 valence electrons. The molecular formula is C12H14F2N2O3. The first kappa shape index (κ1) is 15.0. The van der Waals surface area contributed by atoms with Gasteiger partial charge in [0.15, 0.2) is 0 Å². The summed E-state index contributed by atoms with van der Waals surface area (Å²) in [7, 11) is 0. The second kappa shape index (κ2) is 6.79. The Hall–Kier alpha value is -2.02. The van der Waals surface area contributed by atoms with E-state index in [4.69, 9.17) is 5.11 Å². The Morgan fingerprint density at radius 2 is 2.00 bits per heavy atom. The van der Waals surface area contributed by atoms with Crippen molar-refractivity contribution < 1.29 is 23.5 Å². The number of carbonyl (C=O) groups excluding carboxylic acids is 2. The predicted molar refractivity (Wildman–Crippen MR) is 64.3 cm³/mol. The minimum Gasteiger partial charge on any atom is -0.394 e. The van der Waals surface area contributed by atoms with Crippen LogP contribution in [-0.2, 0) is 9.59 Å². The first-order valence-corrected chi connectivity index (χ1v) is 5.65. The number of aliphatic hydroxyl groups is 1. The Kier molecular flexibility index (Phi) is 5.37. The normalized spacial score (nSPS) is 11.8. The van der Waals surface area contributed by atoms with Gasteiger partial charge in [0.1, 0.15) is 11.6 Å². The van der Waals surface area contributed by atoms with Crippen molar-refractivity contribution >= 4 is 17.5 Å². The van der Waals surface area contributed by atoms with Gasteiger partial charge in [-0.1, -0.05) is 6.92 Å². The Labute approximate surface area is 108 Å². The van der Waals surface area contributed by atoms with Crippen LogP contribution in [0.5, 0.6) is 0 Å². The predicted octanol–water partition coefficient (Wildman–Crippen LogP) is 0.790. The van der Waals surface area contributed by atoms with Crippen LogP contribution in [0.1, 0.15) is 13.3 Å². The van der Waals surface area contributed by atoms with Crippen molar-refractivity contribution in [3.63, 3.8) is 0 Å². The molecule has 19 heavy (non-hydrogen) atoms. The SMILES string of the molecule is CC[C@H](CO)NC(=O)C(=O)Nc1cc(F)ccc1F. The standard InChI is InChI=1S/C12H14F2N2O3/c1-2-8(6-17)15-11(18)12(19)16-10-5-7(13)3-4-9(10)14/h3-5,8,17H,2,6H2,1H3,(H,15,18)(H,16,19)/t8-/m1/s1. The summed E-state index contributed by atoms with van der Waals surface area (Å²) >= 11 is 0. The summed E-state index contributed by atoms with van der Waals surface area (Å²) < 4.78 is 26.1. The lowest BCUT2D eigenvalue weighted by atomic mass is 10.2. The van der Waals surface area contributed by atoms with Crippen LogP contribution in [0, 0.1) is 11.6 Å². The zero-order chi connectivity index (χ0) is 14.4. The van der Waals surface area contributed by atoms with E-state index < -0.39 is 35.2 Å². The fourth-order valence-electron chi connectivity index (χ4n) is 1.30. The van der Waals surface area contributed by atoms with E-state index in [1.807, 2.05) is 5.32 Å². The van der Waals surface area contributed by atoms with Gasteiger partial charge in [0.25, 0.3) is 0 Å². The average Bonchev–Trinajstić information content (AvgIpc) is 2.39. The molecular weight excluding hydrogens is 258 g/mol. The maximum atomic E-state index is 13.2. The van der Waals surface area contributed by atoms with Gasteiger partial charge in [-0.15, -0.1) is 0 Å². The molecule has 0 bridgehead atoms. The van der Waals surface area contributed by atoms with E-state index in [0.717, 1.165) is 18.2 Å². The van der Waals surface area contributed by atoms with Crippen LogP contribution in [0.3, 0.4) is 0 Å². The molecule has 5 nitrogen and oxygen atoms in total. The van der Waals surface area contributed by atoms with Gasteiger partial charge < -0.3 is 15.7 Å². The quantitative estimate of drug-likeness (QED) is 0.709. The summed E-state index contributed by atoms with van der Waals surface area (Å²) in [4.78, 5) is 22.9. The molecule has 0 saturated heterocycles. The Morgan fingerprint density at radius 3 is 2.58 bits per heavy atom. The molecule has 1 aromatic carbocycles. The summed E-state index contributed by atoms with van der Waals surface area (Å²) in [6.45, 7) is 1.40. The number of rotatable bonds is 4. The summed E-state index contributed by atoms with van der Waals surface area (Å²) in [5, 5.41) is 13.1. The monoisotopic (exact) mass is 272 g/mol. The van der Waals surface area contributed by atoms with Gasteiger partial charge in [0.05, 0.1) is 18.3 Å². The molecule has 0 aromatic heterocycles. The third kappa shape index (κ3) is 4.29. The van der Waals surface area contributed by atoms with Gasteiger partial charge in [0, 0.05) is 6.07 Å². The molecule has 1 aromatic rings. The van der Waals surface area contributed by atoms with Crippen molar-refractivity contribution in [1.29, 1.82) is 0 Å². The lowest BCUT2D eigenvalue weighted by Gasteiger charge is -2.13. The number of benzene rings is 1. The minimum absolute atomic E-state index is 0.316.